The van der Waals surface area contributed by atoms with E-state index in [0.717, 1.165) is 11.4 Å². The van der Waals surface area contributed by atoms with Crippen LogP contribution >= 0.6 is 0 Å². The van der Waals surface area contributed by atoms with Gasteiger partial charge >= 0.3 is 5.69 Å². The second-order valence-electron chi connectivity index (χ2n) is 3.61. The topological polar surface area (TPSA) is 49.0 Å². The predicted molar refractivity (Wildman–Crippen MR) is 57.8 cm³/mol. The van der Waals surface area contributed by atoms with Crippen molar-refractivity contribution in [3.8, 4) is 11.4 Å². The van der Waals surface area contributed by atoms with Gasteiger partial charge in [-0.25, -0.2) is 14.0 Å². The molecule has 0 radical (unpaired) electrons. The van der Waals surface area contributed by atoms with Crippen LogP contribution in [-0.2, 0) is 13.2 Å². The molecule has 0 saturated heterocycles. The van der Waals surface area contributed by atoms with Gasteiger partial charge in [0.15, 0.2) is 5.82 Å². The minimum atomic E-state index is -0.103. The van der Waals surface area contributed by atoms with E-state index in [9.17, 15) is 4.79 Å². The van der Waals surface area contributed by atoms with Gasteiger partial charge in [-0.3, -0.25) is 0 Å². The molecule has 0 N–H and O–H groups in total. The summed E-state index contributed by atoms with van der Waals surface area (Å²) in [5.74, 6) is 1.39. The summed E-state index contributed by atoms with van der Waals surface area (Å²) in [4.78, 5) is 12.0. The van der Waals surface area contributed by atoms with Crippen LogP contribution in [0.5, 0.6) is 5.75 Å². The first kappa shape index (κ1) is 9.21. The van der Waals surface area contributed by atoms with Crippen LogP contribution in [0.2, 0.25) is 0 Å². The number of para-hydroxylation sites is 2. The SMILES string of the molecule is CCn1nc2n(c1=O)-c1ccccc1OC2. The number of rotatable bonds is 1. The van der Waals surface area contributed by atoms with Crippen molar-refractivity contribution >= 4 is 0 Å². The molecule has 0 fully saturated rings. The monoisotopic (exact) mass is 217 g/mol. The summed E-state index contributed by atoms with van der Waals surface area (Å²) in [6.45, 7) is 2.81. The Bertz CT molecular complexity index is 598. The fourth-order valence-electron chi connectivity index (χ4n) is 1.90. The van der Waals surface area contributed by atoms with Gasteiger partial charge in [0.1, 0.15) is 12.4 Å². The van der Waals surface area contributed by atoms with Crippen LogP contribution in [0.3, 0.4) is 0 Å². The molecular weight excluding hydrogens is 206 g/mol. The molecule has 2 heterocycles. The smallest absolute Gasteiger partial charge is 0.350 e. The number of nitrogens with zero attached hydrogens (tertiary/aromatic N) is 3. The third-order valence-electron chi connectivity index (χ3n) is 2.67. The maximum absolute atomic E-state index is 12.0. The van der Waals surface area contributed by atoms with Gasteiger partial charge in [-0.2, -0.15) is 5.10 Å². The van der Waals surface area contributed by atoms with Crippen molar-refractivity contribution in [3.05, 3.63) is 40.6 Å². The van der Waals surface area contributed by atoms with Gasteiger partial charge in [-0.1, -0.05) is 12.1 Å². The number of hydrogen-bond acceptors (Lipinski definition) is 3. The molecule has 0 unspecified atom stereocenters. The number of aryl methyl sites for hydroxylation is 1. The second kappa shape index (κ2) is 3.23. The van der Waals surface area contributed by atoms with Gasteiger partial charge < -0.3 is 4.74 Å². The maximum atomic E-state index is 12.0. The highest BCUT2D eigenvalue weighted by Crippen LogP contribution is 2.26. The van der Waals surface area contributed by atoms with Crippen LogP contribution in [0, 0.1) is 0 Å². The summed E-state index contributed by atoms with van der Waals surface area (Å²) in [6, 6.07) is 7.49. The summed E-state index contributed by atoms with van der Waals surface area (Å²) < 4.78 is 8.59. The standard InChI is InChI=1S/C11H11N3O2/c1-2-13-11(15)14-8-5-3-4-6-9(8)16-7-10(14)12-13/h3-6H,2,7H2,1H3. The molecule has 0 amide bonds. The number of ether oxygens (including phenoxy) is 1. The predicted octanol–water partition coefficient (Wildman–Crippen LogP) is 0.946. The maximum Gasteiger partial charge on any atom is 0.350 e. The lowest BCUT2D eigenvalue weighted by atomic mass is 10.2. The fourth-order valence-corrected chi connectivity index (χ4v) is 1.90. The Hall–Kier alpha value is -2.04. The Labute approximate surface area is 91.9 Å². The molecule has 2 aromatic rings. The average Bonchev–Trinajstić information content (AvgIpc) is 2.66. The molecule has 0 atom stereocenters. The molecule has 0 bridgehead atoms. The van der Waals surface area contributed by atoms with Crippen LogP contribution in [-0.4, -0.2) is 14.3 Å². The van der Waals surface area contributed by atoms with E-state index < -0.39 is 0 Å². The summed E-state index contributed by atoms with van der Waals surface area (Å²) in [5, 5.41) is 4.21. The number of hydrogen-bond donors (Lipinski definition) is 0. The summed E-state index contributed by atoms with van der Waals surface area (Å²) in [5.41, 5.74) is 0.668. The highest BCUT2D eigenvalue weighted by molar-refractivity contribution is 5.48. The molecule has 0 saturated carbocycles. The van der Waals surface area contributed by atoms with Crippen LogP contribution in [0.15, 0.2) is 29.1 Å². The third kappa shape index (κ3) is 1.11. The van der Waals surface area contributed by atoms with E-state index in [4.69, 9.17) is 4.74 Å². The van der Waals surface area contributed by atoms with Crippen LogP contribution in [0.1, 0.15) is 12.7 Å². The van der Waals surface area contributed by atoms with Gasteiger partial charge in [-0.15, -0.1) is 0 Å². The highest BCUT2D eigenvalue weighted by atomic mass is 16.5. The lowest BCUT2D eigenvalue weighted by molar-refractivity contribution is 0.278. The number of fused-ring (bicyclic) bond motifs is 3. The first-order valence-corrected chi connectivity index (χ1v) is 5.22. The van der Waals surface area contributed by atoms with Gasteiger partial charge in [-0.05, 0) is 19.1 Å². The quantitative estimate of drug-likeness (QED) is 0.714. The number of benzene rings is 1. The van der Waals surface area contributed by atoms with E-state index in [1.807, 2.05) is 31.2 Å². The highest BCUT2D eigenvalue weighted by Gasteiger charge is 2.21. The summed E-state index contributed by atoms with van der Waals surface area (Å²) >= 11 is 0. The molecule has 3 rings (SSSR count). The van der Waals surface area contributed by atoms with E-state index in [-0.39, 0.29) is 5.69 Å². The Kier molecular flexibility index (Phi) is 1.86. The van der Waals surface area contributed by atoms with Crippen molar-refractivity contribution in [2.45, 2.75) is 20.1 Å². The van der Waals surface area contributed by atoms with Crippen molar-refractivity contribution < 1.29 is 4.74 Å². The molecule has 5 heteroatoms. The third-order valence-corrected chi connectivity index (χ3v) is 2.67. The van der Waals surface area contributed by atoms with Crippen LogP contribution in [0.4, 0.5) is 0 Å². The fraction of sp³-hybridized carbons (Fsp3) is 0.273. The van der Waals surface area contributed by atoms with Crippen LogP contribution in [0.25, 0.3) is 5.69 Å². The van der Waals surface area contributed by atoms with Crippen molar-refractivity contribution in [2.75, 3.05) is 0 Å². The lowest BCUT2D eigenvalue weighted by Gasteiger charge is -2.16. The van der Waals surface area contributed by atoms with E-state index in [1.165, 1.54) is 4.68 Å². The number of aromatic nitrogens is 3. The van der Waals surface area contributed by atoms with E-state index in [0.29, 0.717) is 19.0 Å². The molecule has 1 aromatic carbocycles. The molecular formula is C11H11N3O2. The van der Waals surface area contributed by atoms with Gasteiger partial charge in [0.05, 0.1) is 5.69 Å². The normalized spacial score (nSPS) is 12.8. The van der Waals surface area contributed by atoms with Gasteiger partial charge in [0.2, 0.25) is 0 Å². The van der Waals surface area contributed by atoms with Crippen LogP contribution < -0.4 is 10.4 Å². The molecule has 0 aliphatic carbocycles. The average molecular weight is 217 g/mol. The Balaban J connectivity index is 2.31. The Morgan fingerprint density at radius 1 is 1.44 bits per heavy atom. The van der Waals surface area contributed by atoms with Gasteiger partial charge in [0, 0.05) is 6.54 Å². The van der Waals surface area contributed by atoms with Gasteiger partial charge in [0.25, 0.3) is 0 Å². The Morgan fingerprint density at radius 2 is 2.25 bits per heavy atom. The van der Waals surface area contributed by atoms with Crippen molar-refractivity contribution in [2.24, 2.45) is 0 Å². The van der Waals surface area contributed by atoms with E-state index >= 15 is 0 Å². The minimum Gasteiger partial charge on any atom is -0.483 e. The molecule has 82 valence electrons. The zero-order chi connectivity index (χ0) is 11.1. The summed E-state index contributed by atoms with van der Waals surface area (Å²) in [6.07, 6.45) is 0. The zero-order valence-electron chi connectivity index (χ0n) is 8.88. The molecule has 16 heavy (non-hydrogen) atoms. The lowest BCUT2D eigenvalue weighted by Crippen LogP contribution is -2.25. The summed E-state index contributed by atoms with van der Waals surface area (Å²) in [7, 11) is 0. The van der Waals surface area contributed by atoms with Crippen molar-refractivity contribution in [1.82, 2.24) is 14.3 Å². The largest absolute Gasteiger partial charge is 0.483 e. The molecule has 0 spiro atoms. The first-order chi connectivity index (χ1) is 7.81. The Morgan fingerprint density at radius 3 is 3.06 bits per heavy atom. The minimum absolute atomic E-state index is 0.103. The van der Waals surface area contributed by atoms with Crippen molar-refractivity contribution in [3.63, 3.8) is 0 Å². The molecule has 5 nitrogen and oxygen atoms in total. The van der Waals surface area contributed by atoms with Crippen molar-refractivity contribution in [1.29, 1.82) is 0 Å². The molecule has 1 aliphatic heterocycles. The second-order valence-corrected chi connectivity index (χ2v) is 3.61. The molecule has 1 aliphatic rings. The first-order valence-electron chi connectivity index (χ1n) is 5.22. The van der Waals surface area contributed by atoms with E-state index in [2.05, 4.69) is 5.10 Å². The molecule has 1 aromatic heterocycles. The van der Waals surface area contributed by atoms with E-state index in [1.54, 1.807) is 4.57 Å². The zero-order valence-corrected chi connectivity index (χ0v) is 8.88.